The minimum absolute atomic E-state index is 0.0977. The molecule has 6 heteroatoms. The Morgan fingerprint density at radius 3 is 2.60 bits per heavy atom. The minimum Gasteiger partial charge on any atom is -0.497 e. The fourth-order valence-corrected chi connectivity index (χ4v) is 2.58. The van der Waals surface area contributed by atoms with Gasteiger partial charge in [0.25, 0.3) is 5.91 Å². The Bertz CT molecular complexity index is 610. The van der Waals surface area contributed by atoms with Gasteiger partial charge in [0.15, 0.2) is 0 Å². The standard InChI is InChI=1S/C19H27NO5/c1-12(2)8-14(19(22)23)10-20-18(21)16-7-6-15(24-3)9-17(16)25-11-13-4-5-13/h6-7,9,12-14H,4-5,8,10-11H2,1-3H3,(H,20,21)(H,22,23). The number of aliphatic carboxylic acids is 1. The van der Waals surface area contributed by atoms with Crippen molar-refractivity contribution in [1.82, 2.24) is 5.32 Å². The number of hydrogen-bond donors (Lipinski definition) is 2. The Hall–Kier alpha value is -2.24. The number of benzene rings is 1. The Labute approximate surface area is 148 Å². The normalized spacial score (nSPS) is 14.9. The molecule has 25 heavy (non-hydrogen) atoms. The third kappa shape index (κ3) is 5.96. The number of ether oxygens (including phenoxy) is 2. The van der Waals surface area contributed by atoms with Crippen molar-refractivity contribution in [2.75, 3.05) is 20.3 Å². The van der Waals surface area contributed by atoms with Crippen LogP contribution in [0.5, 0.6) is 11.5 Å². The molecule has 0 saturated heterocycles. The number of methoxy groups -OCH3 is 1. The second kappa shape index (κ2) is 8.74. The Balaban J connectivity index is 2.04. The fraction of sp³-hybridized carbons (Fsp3) is 0.579. The highest BCUT2D eigenvalue weighted by Gasteiger charge is 2.24. The molecular formula is C19H27NO5. The number of carbonyl (C=O) groups excluding carboxylic acids is 1. The van der Waals surface area contributed by atoms with E-state index in [4.69, 9.17) is 9.47 Å². The number of hydrogen-bond acceptors (Lipinski definition) is 4. The lowest BCUT2D eigenvalue weighted by molar-refractivity contribution is -0.142. The summed E-state index contributed by atoms with van der Waals surface area (Å²) in [5.74, 6) is 0.0708. The predicted molar refractivity (Wildman–Crippen MR) is 94.1 cm³/mol. The number of nitrogens with one attached hydrogen (secondary N) is 1. The van der Waals surface area contributed by atoms with Crippen LogP contribution in [0.2, 0.25) is 0 Å². The van der Waals surface area contributed by atoms with Gasteiger partial charge in [-0.15, -0.1) is 0 Å². The highest BCUT2D eigenvalue weighted by molar-refractivity contribution is 5.97. The number of amides is 1. The second-order valence-corrected chi connectivity index (χ2v) is 6.99. The molecule has 6 nitrogen and oxygen atoms in total. The van der Waals surface area contributed by atoms with Crippen LogP contribution in [0.15, 0.2) is 18.2 Å². The summed E-state index contributed by atoms with van der Waals surface area (Å²) in [6, 6.07) is 5.04. The van der Waals surface area contributed by atoms with Crippen molar-refractivity contribution in [3.8, 4) is 11.5 Å². The maximum atomic E-state index is 12.5. The molecule has 0 radical (unpaired) electrons. The zero-order valence-corrected chi connectivity index (χ0v) is 15.1. The van der Waals surface area contributed by atoms with E-state index in [1.54, 1.807) is 25.3 Å². The highest BCUT2D eigenvalue weighted by Crippen LogP contribution is 2.31. The van der Waals surface area contributed by atoms with Crippen molar-refractivity contribution in [2.45, 2.75) is 33.1 Å². The molecule has 2 N–H and O–H groups in total. The maximum absolute atomic E-state index is 12.5. The van der Waals surface area contributed by atoms with E-state index in [0.29, 0.717) is 36.0 Å². The van der Waals surface area contributed by atoms with Crippen LogP contribution < -0.4 is 14.8 Å². The molecule has 1 saturated carbocycles. The van der Waals surface area contributed by atoms with Crippen molar-refractivity contribution in [2.24, 2.45) is 17.8 Å². The Morgan fingerprint density at radius 2 is 2.04 bits per heavy atom. The SMILES string of the molecule is COc1ccc(C(=O)NCC(CC(C)C)C(=O)O)c(OCC2CC2)c1. The van der Waals surface area contributed by atoms with Crippen LogP contribution in [-0.4, -0.2) is 37.2 Å². The van der Waals surface area contributed by atoms with E-state index in [9.17, 15) is 14.7 Å². The van der Waals surface area contributed by atoms with Gasteiger partial charge in [-0.05, 0) is 43.2 Å². The van der Waals surface area contributed by atoms with Crippen LogP contribution in [0.3, 0.4) is 0 Å². The van der Waals surface area contributed by atoms with Gasteiger partial charge in [0.1, 0.15) is 11.5 Å². The van der Waals surface area contributed by atoms with Crippen LogP contribution >= 0.6 is 0 Å². The molecule has 1 fully saturated rings. The molecule has 138 valence electrons. The van der Waals surface area contributed by atoms with Crippen molar-refractivity contribution in [3.63, 3.8) is 0 Å². The lowest BCUT2D eigenvalue weighted by Gasteiger charge is -2.17. The van der Waals surface area contributed by atoms with Crippen LogP contribution in [0.1, 0.15) is 43.5 Å². The molecule has 1 unspecified atom stereocenters. The van der Waals surface area contributed by atoms with E-state index in [0.717, 1.165) is 12.8 Å². The number of rotatable bonds is 10. The average Bonchev–Trinajstić information content (AvgIpc) is 3.40. The summed E-state index contributed by atoms with van der Waals surface area (Å²) < 4.78 is 11.0. The van der Waals surface area contributed by atoms with E-state index in [2.05, 4.69) is 5.32 Å². The predicted octanol–water partition coefficient (Wildman–Crippen LogP) is 2.96. The first-order valence-electron chi connectivity index (χ1n) is 8.72. The van der Waals surface area contributed by atoms with Crippen LogP contribution in [0, 0.1) is 17.8 Å². The summed E-state index contributed by atoms with van der Waals surface area (Å²) in [6.07, 6.45) is 2.82. The van der Waals surface area contributed by atoms with Crippen molar-refractivity contribution in [1.29, 1.82) is 0 Å². The molecule has 0 aliphatic heterocycles. The van der Waals surface area contributed by atoms with Gasteiger partial charge in [0, 0.05) is 12.6 Å². The topological polar surface area (TPSA) is 84.9 Å². The molecule has 0 spiro atoms. The van der Waals surface area contributed by atoms with Crippen molar-refractivity contribution >= 4 is 11.9 Å². The molecular weight excluding hydrogens is 322 g/mol. The molecule has 1 amide bonds. The molecule has 0 heterocycles. The van der Waals surface area contributed by atoms with Gasteiger partial charge >= 0.3 is 5.97 Å². The number of carboxylic acids is 1. The highest BCUT2D eigenvalue weighted by atomic mass is 16.5. The first-order chi connectivity index (χ1) is 11.9. The van der Waals surface area contributed by atoms with Gasteiger partial charge < -0.3 is 19.9 Å². The Morgan fingerprint density at radius 1 is 1.32 bits per heavy atom. The van der Waals surface area contributed by atoms with E-state index in [-0.39, 0.29) is 18.4 Å². The van der Waals surface area contributed by atoms with Crippen LogP contribution in [0.4, 0.5) is 0 Å². The average molecular weight is 349 g/mol. The summed E-state index contributed by atoms with van der Waals surface area (Å²) in [5.41, 5.74) is 0.398. The van der Waals surface area contributed by atoms with E-state index in [1.807, 2.05) is 13.8 Å². The fourth-order valence-electron chi connectivity index (χ4n) is 2.58. The maximum Gasteiger partial charge on any atom is 0.308 e. The number of carbonyl (C=O) groups is 2. The quantitative estimate of drug-likeness (QED) is 0.678. The molecule has 1 atom stereocenters. The van der Waals surface area contributed by atoms with Gasteiger partial charge in [-0.2, -0.15) is 0 Å². The molecule has 2 rings (SSSR count). The van der Waals surface area contributed by atoms with E-state index >= 15 is 0 Å². The summed E-state index contributed by atoms with van der Waals surface area (Å²) in [6.45, 7) is 4.61. The second-order valence-electron chi connectivity index (χ2n) is 6.99. The monoisotopic (exact) mass is 349 g/mol. The van der Waals surface area contributed by atoms with Gasteiger partial charge in [0.2, 0.25) is 0 Å². The molecule has 1 aliphatic rings. The van der Waals surface area contributed by atoms with E-state index in [1.165, 1.54) is 0 Å². The summed E-state index contributed by atoms with van der Waals surface area (Å²) in [4.78, 5) is 23.8. The Kier molecular flexibility index (Phi) is 6.67. The molecule has 0 aromatic heterocycles. The third-order valence-electron chi connectivity index (χ3n) is 4.22. The zero-order valence-electron chi connectivity index (χ0n) is 15.1. The van der Waals surface area contributed by atoms with Gasteiger partial charge in [-0.1, -0.05) is 13.8 Å². The van der Waals surface area contributed by atoms with Gasteiger partial charge in [-0.3, -0.25) is 9.59 Å². The van der Waals surface area contributed by atoms with Gasteiger partial charge in [-0.25, -0.2) is 0 Å². The third-order valence-corrected chi connectivity index (χ3v) is 4.22. The molecule has 1 aromatic rings. The smallest absolute Gasteiger partial charge is 0.308 e. The lowest BCUT2D eigenvalue weighted by atomic mass is 9.97. The number of carboxylic acid groups (broad SMARTS) is 1. The molecule has 0 bridgehead atoms. The lowest BCUT2D eigenvalue weighted by Crippen LogP contribution is -2.33. The first kappa shape index (κ1) is 19.1. The minimum atomic E-state index is -0.895. The van der Waals surface area contributed by atoms with Crippen molar-refractivity contribution < 1.29 is 24.2 Å². The van der Waals surface area contributed by atoms with Crippen molar-refractivity contribution in [3.05, 3.63) is 23.8 Å². The summed E-state index contributed by atoms with van der Waals surface area (Å²) in [5, 5.41) is 12.0. The summed E-state index contributed by atoms with van der Waals surface area (Å²) >= 11 is 0. The molecule has 1 aromatic carbocycles. The first-order valence-corrected chi connectivity index (χ1v) is 8.72. The zero-order chi connectivity index (χ0) is 18.4. The van der Waals surface area contributed by atoms with E-state index < -0.39 is 11.9 Å². The van der Waals surface area contributed by atoms with Crippen LogP contribution in [0.25, 0.3) is 0 Å². The van der Waals surface area contributed by atoms with Crippen LogP contribution in [-0.2, 0) is 4.79 Å². The summed E-state index contributed by atoms with van der Waals surface area (Å²) in [7, 11) is 1.56. The molecule has 1 aliphatic carbocycles. The van der Waals surface area contributed by atoms with Gasteiger partial charge in [0.05, 0.1) is 25.2 Å². The largest absolute Gasteiger partial charge is 0.497 e.